The van der Waals surface area contributed by atoms with Gasteiger partial charge in [0.2, 0.25) is 0 Å². The number of nitriles is 1. The Labute approximate surface area is 160 Å². The molecule has 0 saturated heterocycles. The lowest BCUT2D eigenvalue weighted by atomic mass is 9.73. The molecule has 0 bridgehead atoms. The third kappa shape index (κ3) is 4.36. The molecule has 0 aromatic heterocycles. The molecule has 4 heteroatoms. The summed E-state index contributed by atoms with van der Waals surface area (Å²) in [6, 6.07) is 16.5. The summed E-state index contributed by atoms with van der Waals surface area (Å²) in [6.07, 6.45) is 2.95. The van der Waals surface area contributed by atoms with Gasteiger partial charge in [0.25, 0.3) is 0 Å². The van der Waals surface area contributed by atoms with Crippen LogP contribution in [0.4, 0.5) is 8.78 Å². The zero-order chi connectivity index (χ0) is 19.3. The van der Waals surface area contributed by atoms with Crippen molar-refractivity contribution in [2.75, 3.05) is 13.1 Å². The maximum Gasteiger partial charge on any atom is 0.130 e. The van der Waals surface area contributed by atoms with Gasteiger partial charge in [-0.05, 0) is 62.4 Å². The van der Waals surface area contributed by atoms with Gasteiger partial charge in [-0.1, -0.05) is 43.3 Å². The number of halogens is 2. The predicted molar refractivity (Wildman–Crippen MR) is 103 cm³/mol. The van der Waals surface area contributed by atoms with Gasteiger partial charge in [-0.25, -0.2) is 8.78 Å². The molecule has 0 amide bonds. The van der Waals surface area contributed by atoms with E-state index in [9.17, 15) is 14.0 Å². The molecule has 0 aliphatic heterocycles. The maximum absolute atomic E-state index is 14.5. The van der Waals surface area contributed by atoms with E-state index in [1.807, 2.05) is 18.2 Å². The molecule has 0 spiro atoms. The smallest absolute Gasteiger partial charge is 0.130 e. The van der Waals surface area contributed by atoms with Crippen LogP contribution >= 0.6 is 0 Å². The van der Waals surface area contributed by atoms with Crippen molar-refractivity contribution in [1.82, 2.24) is 4.90 Å². The lowest BCUT2D eigenvalue weighted by Crippen LogP contribution is -2.32. The molecule has 2 aromatic carbocycles. The quantitative estimate of drug-likeness (QED) is 0.589. The van der Waals surface area contributed by atoms with Crippen molar-refractivity contribution in [1.29, 1.82) is 5.26 Å². The molecule has 27 heavy (non-hydrogen) atoms. The van der Waals surface area contributed by atoms with Crippen molar-refractivity contribution >= 4 is 0 Å². The van der Waals surface area contributed by atoms with Gasteiger partial charge in [0.15, 0.2) is 0 Å². The highest BCUT2D eigenvalue weighted by Gasteiger charge is 2.49. The fourth-order valence-corrected chi connectivity index (χ4v) is 4.01. The molecule has 2 nitrogen and oxygen atoms in total. The first-order valence-electron chi connectivity index (χ1n) is 9.72. The highest BCUT2D eigenvalue weighted by atomic mass is 19.1. The summed E-state index contributed by atoms with van der Waals surface area (Å²) in [4.78, 5) is 2.31. The molecule has 0 heterocycles. The van der Waals surface area contributed by atoms with Gasteiger partial charge in [-0.15, -0.1) is 0 Å². The third-order valence-corrected chi connectivity index (χ3v) is 5.62. The van der Waals surface area contributed by atoms with Crippen LogP contribution in [0.2, 0.25) is 0 Å². The maximum atomic E-state index is 14.5. The van der Waals surface area contributed by atoms with E-state index < -0.39 is 17.0 Å². The van der Waals surface area contributed by atoms with Crippen molar-refractivity contribution in [3.05, 3.63) is 71.3 Å². The van der Waals surface area contributed by atoms with E-state index in [4.69, 9.17) is 0 Å². The minimum absolute atomic E-state index is 0.0268. The highest BCUT2D eigenvalue weighted by molar-refractivity contribution is 5.37. The summed E-state index contributed by atoms with van der Waals surface area (Å²) in [5, 5.41) is 9.95. The zero-order valence-electron chi connectivity index (χ0n) is 15.8. The molecule has 1 saturated carbocycles. The van der Waals surface area contributed by atoms with Crippen LogP contribution in [-0.4, -0.2) is 18.0 Å². The lowest BCUT2D eigenvalue weighted by Gasteiger charge is -2.29. The van der Waals surface area contributed by atoms with E-state index >= 15 is 0 Å². The number of hydrogen-bond acceptors (Lipinski definition) is 2. The summed E-state index contributed by atoms with van der Waals surface area (Å²) < 4.78 is 28.9. The van der Waals surface area contributed by atoms with Gasteiger partial charge in [0.1, 0.15) is 11.6 Å². The van der Waals surface area contributed by atoms with Crippen LogP contribution in [0.3, 0.4) is 0 Å². The number of benzene rings is 2. The second-order valence-electron chi connectivity index (χ2n) is 7.41. The summed E-state index contributed by atoms with van der Waals surface area (Å²) in [5.74, 6) is -1.14. The van der Waals surface area contributed by atoms with Gasteiger partial charge in [0, 0.05) is 12.1 Å². The molecule has 3 rings (SSSR count). The van der Waals surface area contributed by atoms with Crippen LogP contribution in [0.5, 0.6) is 0 Å². The molecule has 1 unspecified atom stereocenters. The first kappa shape index (κ1) is 19.5. The van der Waals surface area contributed by atoms with Crippen LogP contribution in [0, 0.1) is 28.9 Å². The minimum atomic E-state index is -1.05. The Morgan fingerprint density at radius 3 is 2.30 bits per heavy atom. The largest absolute Gasteiger partial charge is 0.299 e. The van der Waals surface area contributed by atoms with Crippen LogP contribution in [0.25, 0.3) is 0 Å². The van der Waals surface area contributed by atoms with Gasteiger partial charge in [-0.3, -0.25) is 4.90 Å². The third-order valence-electron chi connectivity index (χ3n) is 5.62. The number of hydrogen-bond donors (Lipinski definition) is 0. The first-order chi connectivity index (χ1) is 13.1. The molecular formula is C23H26F2N2. The topological polar surface area (TPSA) is 27.0 Å². The van der Waals surface area contributed by atoms with Crippen molar-refractivity contribution in [3.63, 3.8) is 0 Å². The van der Waals surface area contributed by atoms with E-state index in [1.54, 1.807) is 0 Å². The molecule has 1 fully saturated rings. The Hall–Kier alpha value is -2.25. The fraction of sp³-hybridized carbons (Fsp3) is 0.435. The summed E-state index contributed by atoms with van der Waals surface area (Å²) >= 11 is 0. The summed E-state index contributed by atoms with van der Waals surface area (Å²) in [6.45, 7) is 4.65. The number of nitrogens with zero attached hydrogens (tertiary/aromatic N) is 2. The van der Waals surface area contributed by atoms with Crippen molar-refractivity contribution < 1.29 is 8.78 Å². The van der Waals surface area contributed by atoms with Gasteiger partial charge >= 0.3 is 0 Å². The predicted octanol–water partition coefficient (Wildman–Crippen LogP) is 5.44. The molecule has 142 valence electrons. The van der Waals surface area contributed by atoms with E-state index in [-0.39, 0.29) is 11.5 Å². The van der Waals surface area contributed by atoms with Gasteiger partial charge < -0.3 is 0 Å². The van der Waals surface area contributed by atoms with Crippen molar-refractivity contribution in [2.24, 2.45) is 5.92 Å². The lowest BCUT2D eigenvalue weighted by molar-refractivity contribution is 0.259. The van der Waals surface area contributed by atoms with E-state index in [1.165, 1.54) is 23.8 Å². The van der Waals surface area contributed by atoms with E-state index in [0.29, 0.717) is 6.42 Å². The molecule has 1 atom stereocenters. The molecule has 2 aromatic rings. The normalized spacial score (nSPS) is 16.1. The Morgan fingerprint density at radius 1 is 1.07 bits per heavy atom. The summed E-state index contributed by atoms with van der Waals surface area (Å²) in [5.41, 5.74) is 0.163. The Balaban J connectivity index is 1.72. The van der Waals surface area contributed by atoms with Crippen LogP contribution in [0.15, 0.2) is 48.5 Å². The van der Waals surface area contributed by atoms with E-state index in [0.717, 1.165) is 38.9 Å². The zero-order valence-corrected chi connectivity index (χ0v) is 15.8. The fourth-order valence-electron chi connectivity index (χ4n) is 4.01. The van der Waals surface area contributed by atoms with E-state index in [2.05, 4.69) is 30.0 Å². The average molecular weight is 368 g/mol. The van der Waals surface area contributed by atoms with Gasteiger partial charge in [0.05, 0.1) is 11.5 Å². The van der Waals surface area contributed by atoms with Crippen LogP contribution in [-0.2, 0) is 12.0 Å². The molecule has 1 aliphatic rings. The van der Waals surface area contributed by atoms with Gasteiger partial charge in [-0.2, -0.15) is 5.26 Å². The second kappa shape index (κ2) is 8.63. The molecular weight excluding hydrogens is 342 g/mol. The van der Waals surface area contributed by atoms with Crippen molar-refractivity contribution in [3.8, 4) is 6.07 Å². The first-order valence-corrected chi connectivity index (χ1v) is 9.72. The minimum Gasteiger partial charge on any atom is -0.299 e. The highest BCUT2D eigenvalue weighted by Crippen LogP contribution is 2.51. The van der Waals surface area contributed by atoms with Crippen molar-refractivity contribution in [2.45, 2.75) is 44.6 Å². The standard InChI is InChI=1S/C23H26F2N2/c1-2-27(16-18-8-4-3-5-9-18)15-7-14-23(17-26,19-12-13-19)22-20(24)10-6-11-21(22)25/h3-6,8-11,19H,2,7,12-16H2,1H3. The second-order valence-corrected chi connectivity index (χ2v) is 7.41. The Bertz CT molecular complexity index is 776. The Morgan fingerprint density at radius 2 is 1.74 bits per heavy atom. The monoisotopic (exact) mass is 368 g/mol. The van der Waals surface area contributed by atoms with Crippen LogP contribution in [0.1, 0.15) is 43.7 Å². The Kier molecular flexibility index (Phi) is 6.23. The molecule has 1 aliphatic carbocycles. The molecule has 0 radical (unpaired) electrons. The number of rotatable bonds is 9. The van der Waals surface area contributed by atoms with Crippen LogP contribution < -0.4 is 0 Å². The SMILES string of the molecule is CCN(CCCC(C#N)(c1c(F)cccc1F)C1CC1)Cc1ccccc1. The molecule has 0 N–H and O–H groups in total. The summed E-state index contributed by atoms with van der Waals surface area (Å²) in [7, 11) is 0. The average Bonchev–Trinajstić information content (AvgIpc) is 3.52.